The fourth-order valence-electron chi connectivity index (χ4n) is 3.49. The first-order valence-corrected chi connectivity index (χ1v) is 12.0. The third kappa shape index (κ3) is 5.85. The van der Waals surface area contributed by atoms with Gasteiger partial charge < -0.3 is 9.84 Å². The van der Waals surface area contributed by atoms with Crippen LogP contribution in [0.2, 0.25) is 0 Å². The van der Waals surface area contributed by atoms with Gasteiger partial charge in [0.05, 0.1) is 36.7 Å². The number of hydrogen-bond donors (Lipinski definition) is 2. The number of carboxylic acids is 1. The van der Waals surface area contributed by atoms with Crippen LogP contribution in [0.4, 0.5) is 5.69 Å². The molecular formula is C22H25N3O6S. The Bertz CT molecular complexity index is 1150. The summed E-state index contributed by atoms with van der Waals surface area (Å²) >= 11 is 0. The van der Waals surface area contributed by atoms with Gasteiger partial charge in [-0.3, -0.25) is 14.3 Å². The maximum Gasteiger partial charge on any atom is 0.303 e. The first kappa shape index (κ1) is 23.3. The van der Waals surface area contributed by atoms with E-state index in [4.69, 9.17) is 9.84 Å². The summed E-state index contributed by atoms with van der Waals surface area (Å²) < 4.78 is 31.6. The van der Waals surface area contributed by atoms with Crippen molar-refractivity contribution >= 4 is 33.3 Å². The first-order valence-electron chi connectivity index (χ1n) is 10.1. The lowest BCUT2D eigenvalue weighted by Crippen LogP contribution is -2.27. The number of benzene rings is 2. The van der Waals surface area contributed by atoms with Crippen molar-refractivity contribution in [3.8, 4) is 5.75 Å². The fraction of sp³-hybridized carbons (Fsp3) is 0.318. The second kappa shape index (κ2) is 9.82. The van der Waals surface area contributed by atoms with Gasteiger partial charge in [-0.2, -0.15) is 5.10 Å². The van der Waals surface area contributed by atoms with Gasteiger partial charge in [0.25, 0.3) is 0 Å². The van der Waals surface area contributed by atoms with E-state index in [9.17, 15) is 18.0 Å². The lowest BCUT2D eigenvalue weighted by atomic mass is 9.97. The number of para-hydroxylation sites is 1. The lowest BCUT2D eigenvalue weighted by Gasteiger charge is -2.22. The van der Waals surface area contributed by atoms with E-state index in [-0.39, 0.29) is 12.8 Å². The molecule has 2 aromatic carbocycles. The minimum absolute atomic E-state index is 0.197. The van der Waals surface area contributed by atoms with E-state index in [2.05, 4.69) is 9.82 Å². The summed E-state index contributed by atoms with van der Waals surface area (Å²) in [5, 5.41) is 14.8. The number of nitrogens with one attached hydrogen (secondary N) is 1. The van der Waals surface area contributed by atoms with Crippen LogP contribution >= 0.6 is 0 Å². The van der Waals surface area contributed by atoms with Crippen molar-refractivity contribution in [3.63, 3.8) is 0 Å². The molecule has 2 N–H and O–H groups in total. The highest BCUT2D eigenvalue weighted by atomic mass is 32.2. The third-order valence-electron chi connectivity index (χ3n) is 4.81. The number of aliphatic carboxylic acids is 1. The highest BCUT2D eigenvalue weighted by molar-refractivity contribution is 7.92. The second-order valence-electron chi connectivity index (χ2n) is 7.32. The molecule has 1 heterocycles. The Morgan fingerprint density at radius 1 is 1.19 bits per heavy atom. The molecule has 0 saturated heterocycles. The Morgan fingerprint density at radius 3 is 2.62 bits per heavy atom. The van der Waals surface area contributed by atoms with Crippen LogP contribution in [0.1, 0.15) is 43.4 Å². The van der Waals surface area contributed by atoms with Crippen LogP contribution in [0.25, 0.3) is 0 Å². The van der Waals surface area contributed by atoms with Crippen molar-refractivity contribution in [1.82, 2.24) is 5.01 Å². The van der Waals surface area contributed by atoms with Gasteiger partial charge in [0.15, 0.2) is 0 Å². The minimum atomic E-state index is -3.52. The molecule has 0 aliphatic carbocycles. The number of hydrazone groups is 1. The molecule has 0 unspecified atom stereocenters. The van der Waals surface area contributed by atoms with Gasteiger partial charge in [-0.1, -0.05) is 30.3 Å². The monoisotopic (exact) mass is 459 g/mol. The Kier molecular flexibility index (Phi) is 7.14. The summed E-state index contributed by atoms with van der Waals surface area (Å²) in [5.74, 6) is -0.849. The number of amides is 1. The molecule has 0 saturated carbocycles. The summed E-state index contributed by atoms with van der Waals surface area (Å²) in [6.07, 6.45) is 0.885. The van der Waals surface area contributed by atoms with Crippen molar-refractivity contribution in [2.24, 2.45) is 5.10 Å². The number of sulfonamides is 1. The zero-order valence-electron chi connectivity index (χ0n) is 17.8. The Labute approximate surface area is 186 Å². The van der Waals surface area contributed by atoms with Crippen LogP contribution in [-0.4, -0.2) is 49.0 Å². The largest absolute Gasteiger partial charge is 0.494 e. The molecule has 10 heteroatoms. The summed E-state index contributed by atoms with van der Waals surface area (Å²) in [6.45, 7) is 2.36. The van der Waals surface area contributed by atoms with Crippen LogP contribution < -0.4 is 9.46 Å². The van der Waals surface area contributed by atoms with Gasteiger partial charge in [0.1, 0.15) is 5.75 Å². The minimum Gasteiger partial charge on any atom is -0.494 e. The van der Waals surface area contributed by atoms with Crippen molar-refractivity contribution in [2.45, 2.75) is 32.2 Å². The molecule has 1 atom stereocenters. The van der Waals surface area contributed by atoms with Crippen LogP contribution in [0.15, 0.2) is 53.6 Å². The number of carboxylic acid groups (broad SMARTS) is 1. The van der Waals surface area contributed by atoms with Crippen molar-refractivity contribution in [2.75, 3.05) is 17.6 Å². The maximum absolute atomic E-state index is 12.8. The maximum atomic E-state index is 12.8. The molecule has 0 spiro atoms. The highest BCUT2D eigenvalue weighted by Crippen LogP contribution is 2.36. The summed E-state index contributed by atoms with van der Waals surface area (Å²) in [6, 6.07) is 13.6. The van der Waals surface area contributed by atoms with Gasteiger partial charge in [0, 0.05) is 18.4 Å². The first-order chi connectivity index (χ1) is 15.2. The fourth-order valence-corrected chi connectivity index (χ4v) is 4.07. The molecule has 9 nitrogen and oxygen atoms in total. The van der Waals surface area contributed by atoms with Gasteiger partial charge >= 0.3 is 5.97 Å². The van der Waals surface area contributed by atoms with Gasteiger partial charge in [0.2, 0.25) is 15.9 Å². The zero-order valence-corrected chi connectivity index (χ0v) is 18.6. The number of carbonyl (C=O) groups excluding carboxylic acids is 1. The Morgan fingerprint density at radius 2 is 1.94 bits per heavy atom. The van der Waals surface area contributed by atoms with Gasteiger partial charge in [-0.15, -0.1) is 0 Å². The molecular weight excluding hydrogens is 434 g/mol. The van der Waals surface area contributed by atoms with Crippen molar-refractivity contribution in [3.05, 3.63) is 59.7 Å². The number of nitrogens with zero attached hydrogens (tertiary/aromatic N) is 2. The SMILES string of the molecule is CCOc1cccc([C@H]2CC(c3ccccc3NS(C)(=O)=O)=NN2C(=O)CCC(=O)O)c1. The van der Waals surface area contributed by atoms with Crippen LogP contribution in [-0.2, 0) is 19.6 Å². The van der Waals surface area contributed by atoms with E-state index in [1.54, 1.807) is 24.3 Å². The average Bonchev–Trinajstić information content (AvgIpc) is 3.17. The molecule has 0 bridgehead atoms. The smallest absolute Gasteiger partial charge is 0.303 e. The normalized spacial score (nSPS) is 15.9. The van der Waals surface area contributed by atoms with Crippen LogP contribution in [0.5, 0.6) is 5.75 Å². The molecule has 0 fully saturated rings. The van der Waals surface area contributed by atoms with Gasteiger partial charge in [-0.25, -0.2) is 13.4 Å². The van der Waals surface area contributed by atoms with E-state index < -0.39 is 27.9 Å². The molecule has 2 aromatic rings. The van der Waals surface area contributed by atoms with E-state index in [0.29, 0.717) is 35.7 Å². The van der Waals surface area contributed by atoms with Crippen LogP contribution in [0.3, 0.4) is 0 Å². The quantitative estimate of drug-likeness (QED) is 0.594. The molecule has 1 amide bonds. The van der Waals surface area contributed by atoms with E-state index in [0.717, 1.165) is 11.8 Å². The Hall–Kier alpha value is -3.40. The highest BCUT2D eigenvalue weighted by Gasteiger charge is 2.34. The number of ether oxygens (including phenoxy) is 1. The molecule has 170 valence electrons. The van der Waals surface area contributed by atoms with E-state index in [1.807, 2.05) is 31.2 Å². The number of anilines is 1. The standard InChI is InChI=1S/C22H25N3O6S/c1-3-31-16-8-6-7-15(13-16)20-14-19(23-25(20)21(26)11-12-22(27)28)17-9-4-5-10-18(17)24-32(2,29)30/h4-10,13,20,24H,3,11-12,14H2,1-2H3,(H,27,28)/t20-/m1/s1. The zero-order chi connectivity index (χ0) is 23.3. The van der Waals surface area contributed by atoms with Gasteiger partial charge in [-0.05, 0) is 30.7 Å². The molecule has 0 aromatic heterocycles. The summed E-state index contributed by atoms with van der Waals surface area (Å²) in [7, 11) is -3.52. The molecule has 32 heavy (non-hydrogen) atoms. The third-order valence-corrected chi connectivity index (χ3v) is 5.40. The predicted octanol–water partition coefficient (Wildman–Crippen LogP) is 3.00. The van der Waals surface area contributed by atoms with Crippen LogP contribution in [0, 0.1) is 0 Å². The lowest BCUT2D eigenvalue weighted by molar-refractivity contribution is -0.141. The number of carbonyl (C=O) groups is 2. The molecule has 1 aliphatic heterocycles. The number of rotatable bonds is 9. The molecule has 0 radical (unpaired) electrons. The van der Waals surface area contributed by atoms with E-state index >= 15 is 0 Å². The summed E-state index contributed by atoms with van der Waals surface area (Å²) in [4.78, 5) is 23.8. The second-order valence-corrected chi connectivity index (χ2v) is 9.07. The summed E-state index contributed by atoms with van der Waals surface area (Å²) in [5.41, 5.74) is 2.21. The average molecular weight is 460 g/mol. The van der Waals surface area contributed by atoms with Crippen molar-refractivity contribution in [1.29, 1.82) is 0 Å². The Balaban J connectivity index is 1.99. The van der Waals surface area contributed by atoms with E-state index in [1.165, 1.54) is 5.01 Å². The topological polar surface area (TPSA) is 125 Å². The predicted molar refractivity (Wildman–Crippen MR) is 120 cm³/mol. The molecule has 1 aliphatic rings. The van der Waals surface area contributed by atoms with Crippen molar-refractivity contribution < 1.29 is 27.9 Å². The number of hydrogen-bond acceptors (Lipinski definition) is 6. The molecule has 3 rings (SSSR count).